The van der Waals surface area contributed by atoms with E-state index in [0.717, 1.165) is 27.3 Å². The highest BCUT2D eigenvalue weighted by Gasteiger charge is 2.17. The molecular weight excluding hydrogens is 410 g/mol. The average Bonchev–Trinajstić information content (AvgIpc) is 3.21. The number of para-hydroxylation sites is 1. The number of anilines is 1. The van der Waals surface area contributed by atoms with E-state index in [1.807, 2.05) is 66.0 Å². The molecule has 0 saturated heterocycles. The van der Waals surface area contributed by atoms with Crippen LogP contribution in [0.2, 0.25) is 0 Å². The van der Waals surface area contributed by atoms with Crippen molar-refractivity contribution in [3.05, 3.63) is 88.8 Å². The summed E-state index contributed by atoms with van der Waals surface area (Å²) in [6.45, 7) is 0.0289. The molecule has 1 N–H and O–H groups in total. The molecule has 7 nitrogen and oxygen atoms in total. The summed E-state index contributed by atoms with van der Waals surface area (Å²) in [6, 6.07) is 19.2. The minimum Gasteiger partial charge on any atom is -0.482 e. The number of fused-ring (bicyclic) bond motifs is 1. The molecule has 2 aromatic heterocycles. The Labute approximate surface area is 182 Å². The van der Waals surface area contributed by atoms with Crippen molar-refractivity contribution in [2.75, 3.05) is 11.9 Å². The quantitative estimate of drug-likeness (QED) is 0.499. The Bertz CT molecular complexity index is 1330. The minimum absolute atomic E-state index is 0.0289. The maximum Gasteiger partial charge on any atom is 0.262 e. The summed E-state index contributed by atoms with van der Waals surface area (Å²) in [7, 11) is 0. The van der Waals surface area contributed by atoms with Gasteiger partial charge in [-0.25, -0.2) is 9.67 Å². The van der Waals surface area contributed by atoms with Crippen LogP contribution in [0.3, 0.4) is 0 Å². The SMILES string of the molecule is O=C1COc2ccc(-c3csc(=Nc4ccccc4)n3N=Cc3ccncc3)cc2N1. The van der Waals surface area contributed by atoms with Gasteiger partial charge in [0.2, 0.25) is 4.80 Å². The largest absolute Gasteiger partial charge is 0.482 e. The third-order valence-corrected chi connectivity index (χ3v) is 5.42. The third-order valence-electron chi connectivity index (χ3n) is 4.60. The van der Waals surface area contributed by atoms with E-state index in [2.05, 4.69) is 10.3 Å². The molecule has 0 atom stereocenters. The number of nitrogens with zero attached hydrogens (tertiary/aromatic N) is 4. The predicted octanol–water partition coefficient (Wildman–Crippen LogP) is 4.06. The van der Waals surface area contributed by atoms with Crippen LogP contribution in [0.15, 0.2) is 88.5 Å². The lowest BCUT2D eigenvalue weighted by Crippen LogP contribution is -2.25. The summed E-state index contributed by atoms with van der Waals surface area (Å²) < 4.78 is 7.27. The van der Waals surface area contributed by atoms with Crippen LogP contribution in [0.5, 0.6) is 5.75 Å². The monoisotopic (exact) mass is 427 g/mol. The number of pyridine rings is 1. The molecule has 1 amide bonds. The van der Waals surface area contributed by atoms with Crippen molar-refractivity contribution < 1.29 is 9.53 Å². The molecule has 0 fully saturated rings. The molecule has 5 rings (SSSR count). The van der Waals surface area contributed by atoms with Crippen LogP contribution >= 0.6 is 11.3 Å². The number of benzene rings is 2. The van der Waals surface area contributed by atoms with Gasteiger partial charge in [-0.3, -0.25) is 9.78 Å². The van der Waals surface area contributed by atoms with Crippen molar-refractivity contribution in [3.63, 3.8) is 0 Å². The molecule has 3 heterocycles. The van der Waals surface area contributed by atoms with Crippen molar-refractivity contribution >= 4 is 34.8 Å². The van der Waals surface area contributed by atoms with Crippen LogP contribution in [0, 0.1) is 0 Å². The molecule has 0 spiro atoms. The molecule has 1 aliphatic rings. The lowest BCUT2D eigenvalue weighted by Gasteiger charge is -2.18. The Morgan fingerprint density at radius 3 is 2.77 bits per heavy atom. The molecule has 0 saturated carbocycles. The number of thiazole rings is 1. The number of hydrogen-bond acceptors (Lipinski definition) is 6. The third kappa shape index (κ3) is 4.15. The first-order chi connectivity index (χ1) is 15.3. The molecule has 4 aromatic rings. The molecule has 0 aliphatic carbocycles. The van der Waals surface area contributed by atoms with Crippen molar-refractivity contribution in [1.82, 2.24) is 9.66 Å². The molecule has 152 valence electrons. The zero-order valence-corrected chi connectivity index (χ0v) is 17.1. The van der Waals surface area contributed by atoms with Gasteiger partial charge in [-0.05, 0) is 48.0 Å². The fourth-order valence-corrected chi connectivity index (χ4v) is 3.97. The maximum atomic E-state index is 11.7. The predicted molar refractivity (Wildman–Crippen MR) is 121 cm³/mol. The van der Waals surface area contributed by atoms with Gasteiger partial charge in [0.1, 0.15) is 5.75 Å². The second-order valence-electron chi connectivity index (χ2n) is 6.74. The number of carbonyl (C=O) groups excluding carboxylic acids is 1. The standard InChI is InChI=1S/C23H17N5O2S/c29-22-14-30-21-7-6-17(12-19(21)27-22)20-15-31-23(26-18-4-2-1-3-5-18)28(20)25-13-16-8-10-24-11-9-16/h1-13,15H,14H2,(H,27,29). The van der Waals surface area contributed by atoms with Gasteiger partial charge < -0.3 is 10.1 Å². The summed E-state index contributed by atoms with van der Waals surface area (Å²) in [5.41, 5.74) is 4.16. The Kier molecular flexibility index (Phi) is 5.12. The van der Waals surface area contributed by atoms with Gasteiger partial charge in [-0.2, -0.15) is 5.10 Å². The van der Waals surface area contributed by atoms with Gasteiger partial charge in [0, 0.05) is 23.3 Å². The fourth-order valence-electron chi connectivity index (χ4n) is 3.12. The molecule has 0 radical (unpaired) electrons. The highest BCUT2D eigenvalue weighted by molar-refractivity contribution is 7.07. The van der Waals surface area contributed by atoms with Gasteiger partial charge in [0.15, 0.2) is 6.61 Å². The molecular formula is C23H17N5O2S. The van der Waals surface area contributed by atoms with Crippen LogP contribution in [-0.2, 0) is 4.79 Å². The van der Waals surface area contributed by atoms with Crippen molar-refractivity contribution in [2.24, 2.45) is 10.1 Å². The van der Waals surface area contributed by atoms with E-state index in [9.17, 15) is 4.79 Å². The van der Waals surface area contributed by atoms with E-state index in [1.54, 1.807) is 23.3 Å². The van der Waals surface area contributed by atoms with Crippen molar-refractivity contribution in [3.8, 4) is 17.0 Å². The smallest absolute Gasteiger partial charge is 0.262 e. The average molecular weight is 427 g/mol. The number of amides is 1. The topological polar surface area (TPSA) is 80.9 Å². The number of rotatable bonds is 4. The molecule has 0 bridgehead atoms. The van der Waals surface area contributed by atoms with E-state index < -0.39 is 0 Å². The molecule has 1 aliphatic heterocycles. The van der Waals surface area contributed by atoms with Crippen LogP contribution in [0.25, 0.3) is 11.3 Å². The summed E-state index contributed by atoms with van der Waals surface area (Å²) in [4.78, 5) is 21.3. The first kappa shape index (κ1) is 19.0. The van der Waals surface area contributed by atoms with Crippen molar-refractivity contribution in [1.29, 1.82) is 0 Å². The van der Waals surface area contributed by atoms with Gasteiger partial charge in [0.05, 0.1) is 23.3 Å². The number of hydrogen-bond donors (Lipinski definition) is 1. The van der Waals surface area contributed by atoms with E-state index in [0.29, 0.717) is 11.4 Å². The van der Waals surface area contributed by atoms with Crippen LogP contribution < -0.4 is 14.9 Å². The number of carbonyl (C=O) groups is 1. The summed E-state index contributed by atoms with van der Waals surface area (Å²) in [5.74, 6) is 0.484. The van der Waals surface area contributed by atoms with Gasteiger partial charge in [0.25, 0.3) is 5.91 Å². The Balaban J connectivity index is 1.62. The first-order valence-electron chi connectivity index (χ1n) is 9.58. The van der Waals surface area contributed by atoms with Crippen LogP contribution in [0.1, 0.15) is 5.56 Å². The van der Waals surface area contributed by atoms with E-state index >= 15 is 0 Å². The summed E-state index contributed by atoms with van der Waals surface area (Å²) in [5, 5.41) is 9.55. The van der Waals surface area contributed by atoms with Gasteiger partial charge in [-0.15, -0.1) is 11.3 Å². The normalized spacial score (nSPS) is 13.7. The van der Waals surface area contributed by atoms with Gasteiger partial charge >= 0.3 is 0 Å². The second-order valence-corrected chi connectivity index (χ2v) is 7.57. The number of aromatic nitrogens is 2. The minimum atomic E-state index is -0.168. The highest BCUT2D eigenvalue weighted by atomic mass is 32.1. The number of ether oxygens (including phenoxy) is 1. The zero-order chi connectivity index (χ0) is 21.0. The summed E-state index contributed by atoms with van der Waals surface area (Å²) >= 11 is 1.49. The van der Waals surface area contributed by atoms with Crippen LogP contribution in [0.4, 0.5) is 11.4 Å². The lowest BCUT2D eigenvalue weighted by atomic mass is 10.1. The van der Waals surface area contributed by atoms with E-state index in [4.69, 9.17) is 14.8 Å². The molecule has 0 unspecified atom stereocenters. The van der Waals surface area contributed by atoms with E-state index in [-0.39, 0.29) is 12.5 Å². The number of nitrogens with one attached hydrogen (secondary N) is 1. The lowest BCUT2D eigenvalue weighted by molar-refractivity contribution is -0.118. The Morgan fingerprint density at radius 2 is 1.94 bits per heavy atom. The first-order valence-corrected chi connectivity index (χ1v) is 10.5. The second kappa shape index (κ2) is 8.37. The Morgan fingerprint density at radius 1 is 1.10 bits per heavy atom. The summed E-state index contributed by atoms with van der Waals surface area (Å²) in [6.07, 6.45) is 5.22. The van der Waals surface area contributed by atoms with Crippen LogP contribution in [-0.4, -0.2) is 28.4 Å². The molecule has 8 heteroatoms. The maximum absolute atomic E-state index is 11.7. The van der Waals surface area contributed by atoms with Gasteiger partial charge in [-0.1, -0.05) is 18.2 Å². The molecule has 31 heavy (non-hydrogen) atoms. The molecule has 2 aromatic carbocycles. The fraction of sp³-hybridized carbons (Fsp3) is 0.0435. The zero-order valence-electron chi connectivity index (χ0n) is 16.3. The Hall–Kier alpha value is -4.04. The highest BCUT2D eigenvalue weighted by Crippen LogP contribution is 2.33. The van der Waals surface area contributed by atoms with Crippen molar-refractivity contribution in [2.45, 2.75) is 0 Å². The van der Waals surface area contributed by atoms with E-state index in [1.165, 1.54) is 11.3 Å².